The van der Waals surface area contributed by atoms with Gasteiger partial charge in [0.25, 0.3) is 5.91 Å². The van der Waals surface area contributed by atoms with Crippen molar-refractivity contribution in [3.8, 4) is 5.75 Å². The van der Waals surface area contributed by atoms with Crippen molar-refractivity contribution in [2.24, 2.45) is 0 Å². The molecule has 0 heterocycles. The highest BCUT2D eigenvalue weighted by Crippen LogP contribution is 2.24. The van der Waals surface area contributed by atoms with Crippen molar-refractivity contribution in [3.05, 3.63) is 29.8 Å². The minimum atomic E-state index is -0.796. The molecular weight excluding hydrogens is 294 g/mol. The molecule has 1 aromatic carbocycles. The molecule has 0 bridgehead atoms. The highest BCUT2D eigenvalue weighted by Gasteiger charge is 2.27. The first kappa shape index (κ1) is 17.3. The second kappa shape index (κ2) is 7.02. The third-order valence-electron chi connectivity index (χ3n) is 3.68. The molecule has 2 rings (SSSR count). The van der Waals surface area contributed by atoms with E-state index in [1.807, 2.05) is 24.3 Å². The van der Waals surface area contributed by atoms with Crippen molar-refractivity contribution >= 4 is 11.9 Å². The SMILES string of the molecule is CC(OC(=O)COc1ccc(C(C)(C)C)cc1)C(=O)NC1CC1. The number of hydrogen-bond acceptors (Lipinski definition) is 4. The lowest BCUT2D eigenvalue weighted by Crippen LogP contribution is -2.37. The van der Waals surface area contributed by atoms with Gasteiger partial charge in [-0.15, -0.1) is 0 Å². The standard InChI is InChI=1S/C18H25NO4/c1-12(17(21)19-14-7-8-14)23-16(20)11-22-15-9-5-13(6-10-15)18(2,3)4/h5-6,9-10,12,14H,7-8,11H2,1-4H3,(H,19,21). The van der Waals surface area contributed by atoms with E-state index in [1.165, 1.54) is 5.56 Å². The average molecular weight is 319 g/mol. The van der Waals surface area contributed by atoms with Crippen LogP contribution in [0.3, 0.4) is 0 Å². The number of rotatable bonds is 6. The van der Waals surface area contributed by atoms with Crippen LogP contribution in [0.5, 0.6) is 5.75 Å². The van der Waals surface area contributed by atoms with Crippen molar-refractivity contribution in [1.82, 2.24) is 5.32 Å². The molecule has 1 saturated carbocycles. The van der Waals surface area contributed by atoms with Crippen LogP contribution >= 0.6 is 0 Å². The molecule has 1 amide bonds. The predicted octanol–water partition coefficient (Wildman–Crippen LogP) is 2.57. The first-order valence-corrected chi connectivity index (χ1v) is 7.99. The molecule has 0 saturated heterocycles. The molecule has 5 heteroatoms. The molecule has 1 N–H and O–H groups in total. The molecule has 1 aliphatic carbocycles. The first-order valence-electron chi connectivity index (χ1n) is 7.99. The zero-order valence-corrected chi connectivity index (χ0v) is 14.2. The Hall–Kier alpha value is -2.04. The highest BCUT2D eigenvalue weighted by molar-refractivity contribution is 5.84. The summed E-state index contributed by atoms with van der Waals surface area (Å²) in [5.41, 5.74) is 1.26. The van der Waals surface area contributed by atoms with Crippen LogP contribution in [0, 0.1) is 0 Å². The van der Waals surface area contributed by atoms with Gasteiger partial charge in [-0.05, 0) is 42.9 Å². The Morgan fingerprint density at radius 1 is 1.22 bits per heavy atom. The summed E-state index contributed by atoms with van der Waals surface area (Å²) in [5, 5.41) is 2.80. The molecule has 126 valence electrons. The molecule has 1 fully saturated rings. The largest absolute Gasteiger partial charge is 0.482 e. The van der Waals surface area contributed by atoms with Gasteiger partial charge in [-0.25, -0.2) is 4.79 Å². The summed E-state index contributed by atoms with van der Waals surface area (Å²) in [4.78, 5) is 23.4. The highest BCUT2D eigenvalue weighted by atomic mass is 16.6. The van der Waals surface area contributed by atoms with E-state index >= 15 is 0 Å². The van der Waals surface area contributed by atoms with Gasteiger partial charge < -0.3 is 14.8 Å². The van der Waals surface area contributed by atoms with Crippen LogP contribution in [0.2, 0.25) is 0 Å². The van der Waals surface area contributed by atoms with Crippen molar-refractivity contribution in [1.29, 1.82) is 0 Å². The maximum atomic E-state index is 11.7. The molecule has 0 radical (unpaired) electrons. The van der Waals surface area contributed by atoms with Crippen LogP contribution in [0.25, 0.3) is 0 Å². The number of amides is 1. The second-order valence-electron chi connectivity index (χ2n) is 6.98. The maximum Gasteiger partial charge on any atom is 0.344 e. The third kappa shape index (κ3) is 5.58. The molecule has 23 heavy (non-hydrogen) atoms. The quantitative estimate of drug-likeness (QED) is 0.819. The lowest BCUT2D eigenvalue weighted by atomic mass is 9.87. The predicted molar refractivity (Wildman–Crippen MR) is 87.4 cm³/mol. The summed E-state index contributed by atoms with van der Waals surface area (Å²) in [5.74, 6) is -0.205. The van der Waals surface area contributed by atoms with Gasteiger partial charge in [0, 0.05) is 6.04 Å². The lowest BCUT2D eigenvalue weighted by Gasteiger charge is -2.19. The summed E-state index contributed by atoms with van der Waals surface area (Å²) < 4.78 is 10.5. The average Bonchev–Trinajstić information content (AvgIpc) is 3.28. The van der Waals surface area contributed by atoms with Crippen LogP contribution in [0.4, 0.5) is 0 Å². The van der Waals surface area contributed by atoms with Crippen LogP contribution in [-0.2, 0) is 19.7 Å². The van der Waals surface area contributed by atoms with E-state index in [1.54, 1.807) is 6.92 Å². The Bertz CT molecular complexity index is 555. The fourth-order valence-electron chi connectivity index (χ4n) is 2.02. The smallest absolute Gasteiger partial charge is 0.344 e. The van der Waals surface area contributed by atoms with Crippen LogP contribution in [0.1, 0.15) is 46.1 Å². The zero-order chi connectivity index (χ0) is 17.0. The fourth-order valence-corrected chi connectivity index (χ4v) is 2.02. The molecule has 5 nitrogen and oxygen atoms in total. The number of esters is 1. The monoisotopic (exact) mass is 319 g/mol. The van der Waals surface area contributed by atoms with Crippen molar-refractivity contribution in [2.75, 3.05) is 6.61 Å². The van der Waals surface area contributed by atoms with E-state index in [0.717, 1.165) is 12.8 Å². The third-order valence-corrected chi connectivity index (χ3v) is 3.68. The number of benzene rings is 1. The van der Waals surface area contributed by atoms with E-state index in [4.69, 9.17) is 9.47 Å². The number of carbonyl (C=O) groups is 2. The van der Waals surface area contributed by atoms with E-state index < -0.39 is 12.1 Å². The second-order valence-corrected chi connectivity index (χ2v) is 6.98. The Kier molecular flexibility index (Phi) is 5.29. The Labute approximate surface area is 137 Å². The molecule has 1 unspecified atom stereocenters. The van der Waals surface area contributed by atoms with Gasteiger partial charge in [0.2, 0.25) is 0 Å². The molecule has 0 spiro atoms. The van der Waals surface area contributed by atoms with Gasteiger partial charge in [-0.1, -0.05) is 32.9 Å². The van der Waals surface area contributed by atoms with E-state index in [0.29, 0.717) is 5.75 Å². The van der Waals surface area contributed by atoms with E-state index in [-0.39, 0.29) is 24.0 Å². The molecule has 1 atom stereocenters. The summed E-state index contributed by atoms with van der Waals surface area (Å²) in [6.45, 7) is 7.75. The van der Waals surface area contributed by atoms with Gasteiger partial charge in [-0.2, -0.15) is 0 Å². The number of nitrogens with one attached hydrogen (secondary N) is 1. The van der Waals surface area contributed by atoms with Crippen LogP contribution in [-0.4, -0.2) is 30.6 Å². The van der Waals surface area contributed by atoms with Gasteiger partial charge in [0.05, 0.1) is 0 Å². The number of hydrogen-bond donors (Lipinski definition) is 1. The normalized spacial score (nSPS) is 15.7. The molecule has 1 aromatic rings. The molecule has 0 aliphatic heterocycles. The minimum absolute atomic E-state index is 0.0712. The Balaban J connectivity index is 1.76. The van der Waals surface area contributed by atoms with Crippen LogP contribution < -0.4 is 10.1 Å². The summed E-state index contributed by atoms with van der Waals surface area (Å²) in [6.07, 6.45) is 1.20. The van der Waals surface area contributed by atoms with Crippen molar-refractivity contribution < 1.29 is 19.1 Å². The lowest BCUT2D eigenvalue weighted by molar-refractivity contribution is -0.156. The minimum Gasteiger partial charge on any atom is -0.482 e. The van der Waals surface area contributed by atoms with Crippen molar-refractivity contribution in [3.63, 3.8) is 0 Å². The van der Waals surface area contributed by atoms with Crippen LogP contribution in [0.15, 0.2) is 24.3 Å². The number of ether oxygens (including phenoxy) is 2. The van der Waals surface area contributed by atoms with E-state index in [2.05, 4.69) is 26.1 Å². The summed E-state index contributed by atoms with van der Waals surface area (Å²) in [6, 6.07) is 7.87. The summed E-state index contributed by atoms with van der Waals surface area (Å²) in [7, 11) is 0. The topological polar surface area (TPSA) is 64.6 Å². The van der Waals surface area contributed by atoms with E-state index in [9.17, 15) is 9.59 Å². The van der Waals surface area contributed by atoms with Gasteiger partial charge in [0.1, 0.15) is 5.75 Å². The first-order chi connectivity index (χ1) is 10.8. The van der Waals surface area contributed by atoms with Gasteiger partial charge >= 0.3 is 5.97 Å². The van der Waals surface area contributed by atoms with Crippen molar-refractivity contribution in [2.45, 2.75) is 58.1 Å². The number of carbonyl (C=O) groups excluding carboxylic acids is 2. The summed E-state index contributed by atoms with van der Waals surface area (Å²) >= 11 is 0. The molecular formula is C18H25NO4. The molecule has 1 aliphatic rings. The Morgan fingerprint density at radius 2 is 1.83 bits per heavy atom. The Morgan fingerprint density at radius 3 is 2.35 bits per heavy atom. The zero-order valence-electron chi connectivity index (χ0n) is 14.2. The maximum absolute atomic E-state index is 11.7. The van der Waals surface area contributed by atoms with Gasteiger partial charge in [-0.3, -0.25) is 4.79 Å². The fraction of sp³-hybridized carbons (Fsp3) is 0.556. The van der Waals surface area contributed by atoms with Gasteiger partial charge in [0.15, 0.2) is 12.7 Å². The molecule has 0 aromatic heterocycles.